The second kappa shape index (κ2) is 5.44. The van der Waals surface area contributed by atoms with Crippen molar-refractivity contribution in [3.63, 3.8) is 0 Å². The summed E-state index contributed by atoms with van der Waals surface area (Å²) in [5.41, 5.74) is 3.42. The molecule has 96 valence electrons. The van der Waals surface area contributed by atoms with Crippen molar-refractivity contribution in [3.05, 3.63) is 40.1 Å². The van der Waals surface area contributed by atoms with Crippen molar-refractivity contribution in [2.75, 3.05) is 12.4 Å². The molecule has 0 aliphatic carbocycles. The second-order valence-corrected chi connectivity index (χ2v) is 4.94. The molecule has 0 unspecified atom stereocenters. The SMILES string of the molecule is COc1ccc(NCc2cnn(C)c2C)cc1Br. The number of halogens is 1. The van der Waals surface area contributed by atoms with E-state index in [4.69, 9.17) is 4.74 Å². The first kappa shape index (κ1) is 13.0. The summed E-state index contributed by atoms with van der Waals surface area (Å²) in [5, 5.41) is 7.59. The summed E-state index contributed by atoms with van der Waals surface area (Å²) in [5.74, 6) is 0.832. The van der Waals surface area contributed by atoms with Crippen LogP contribution in [0.2, 0.25) is 0 Å². The first-order valence-corrected chi connectivity index (χ1v) is 6.46. The summed E-state index contributed by atoms with van der Waals surface area (Å²) in [4.78, 5) is 0. The van der Waals surface area contributed by atoms with Crippen LogP contribution in [0.5, 0.6) is 5.75 Å². The summed E-state index contributed by atoms with van der Waals surface area (Å²) >= 11 is 3.47. The minimum atomic E-state index is 0.762. The molecular formula is C13H16BrN3O. The van der Waals surface area contributed by atoms with E-state index >= 15 is 0 Å². The number of rotatable bonds is 4. The molecule has 1 aromatic carbocycles. The summed E-state index contributed by atoms with van der Waals surface area (Å²) in [6.07, 6.45) is 1.89. The summed E-state index contributed by atoms with van der Waals surface area (Å²) in [7, 11) is 3.61. The average molecular weight is 310 g/mol. The Morgan fingerprint density at radius 1 is 1.44 bits per heavy atom. The van der Waals surface area contributed by atoms with Gasteiger partial charge in [0.05, 0.1) is 17.8 Å². The van der Waals surface area contributed by atoms with E-state index in [-0.39, 0.29) is 0 Å². The fourth-order valence-corrected chi connectivity index (χ4v) is 2.23. The number of nitrogens with one attached hydrogen (secondary N) is 1. The van der Waals surface area contributed by atoms with Crippen molar-refractivity contribution in [3.8, 4) is 5.75 Å². The molecule has 0 saturated carbocycles. The summed E-state index contributed by atoms with van der Waals surface area (Å²) < 4.78 is 8.02. The van der Waals surface area contributed by atoms with Gasteiger partial charge in [-0.1, -0.05) is 0 Å². The lowest BCUT2D eigenvalue weighted by atomic mass is 10.2. The van der Waals surface area contributed by atoms with Gasteiger partial charge in [-0.3, -0.25) is 4.68 Å². The molecule has 0 aliphatic rings. The molecule has 5 heteroatoms. The highest BCUT2D eigenvalue weighted by atomic mass is 79.9. The van der Waals surface area contributed by atoms with Crippen molar-refractivity contribution >= 4 is 21.6 Å². The standard InChI is InChI=1S/C13H16BrN3O/c1-9-10(8-16-17(9)2)7-15-11-4-5-13(18-3)12(14)6-11/h4-6,8,15H,7H2,1-3H3. The highest BCUT2D eigenvalue weighted by Gasteiger charge is 2.04. The monoisotopic (exact) mass is 309 g/mol. The second-order valence-electron chi connectivity index (χ2n) is 4.08. The van der Waals surface area contributed by atoms with Crippen molar-refractivity contribution in [2.24, 2.45) is 7.05 Å². The van der Waals surface area contributed by atoms with Gasteiger partial charge < -0.3 is 10.1 Å². The first-order chi connectivity index (χ1) is 8.61. The van der Waals surface area contributed by atoms with Crippen molar-refractivity contribution < 1.29 is 4.74 Å². The molecule has 2 aromatic rings. The molecule has 0 spiro atoms. The lowest BCUT2D eigenvalue weighted by Gasteiger charge is -2.09. The highest BCUT2D eigenvalue weighted by molar-refractivity contribution is 9.10. The maximum Gasteiger partial charge on any atom is 0.133 e. The smallest absolute Gasteiger partial charge is 0.133 e. The number of benzene rings is 1. The average Bonchev–Trinajstić information content (AvgIpc) is 2.68. The van der Waals surface area contributed by atoms with Gasteiger partial charge in [0, 0.05) is 30.5 Å². The molecule has 0 amide bonds. The maximum atomic E-state index is 5.20. The number of nitrogens with zero attached hydrogens (tertiary/aromatic N) is 2. The number of methoxy groups -OCH3 is 1. The molecule has 18 heavy (non-hydrogen) atoms. The molecule has 1 heterocycles. The van der Waals surface area contributed by atoms with Gasteiger partial charge >= 0.3 is 0 Å². The van der Waals surface area contributed by atoms with E-state index in [0.29, 0.717) is 0 Å². The van der Waals surface area contributed by atoms with Gasteiger partial charge in [-0.2, -0.15) is 5.10 Å². The zero-order chi connectivity index (χ0) is 13.1. The van der Waals surface area contributed by atoms with E-state index in [1.165, 1.54) is 11.3 Å². The van der Waals surface area contributed by atoms with Crippen LogP contribution in [0.3, 0.4) is 0 Å². The van der Waals surface area contributed by atoms with Crippen LogP contribution in [0, 0.1) is 6.92 Å². The van der Waals surface area contributed by atoms with Crippen molar-refractivity contribution in [2.45, 2.75) is 13.5 Å². The van der Waals surface area contributed by atoms with E-state index in [0.717, 1.165) is 22.5 Å². The van der Waals surface area contributed by atoms with Crippen molar-refractivity contribution in [1.82, 2.24) is 9.78 Å². The number of hydrogen-bond acceptors (Lipinski definition) is 3. The summed E-state index contributed by atoms with van der Waals surface area (Å²) in [6, 6.07) is 5.93. The molecule has 0 radical (unpaired) electrons. The lowest BCUT2D eigenvalue weighted by Crippen LogP contribution is -2.01. The molecule has 0 aliphatic heterocycles. The Morgan fingerprint density at radius 3 is 2.78 bits per heavy atom. The predicted octanol–water partition coefficient (Wildman–Crippen LogP) is 3.11. The minimum absolute atomic E-state index is 0.762. The zero-order valence-corrected chi connectivity index (χ0v) is 12.3. The molecule has 0 saturated heterocycles. The molecular weight excluding hydrogens is 294 g/mol. The van der Waals surface area contributed by atoms with E-state index in [2.05, 4.69) is 33.3 Å². The number of aromatic nitrogens is 2. The third kappa shape index (κ3) is 2.67. The minimum Gasteiger partial charge on any atom is -0.496 e. The largest absolute Gasteiger partial charge is 0.496 e. The van der Waals surface area contributed by atoms with Gasteiger partial charge in [0.25, 0.3) is 0 Å². The Balaban J connectivity index is 2.06. The highest BCUT2D eigenvalue weighted by Crippen LogP contribution is 2.27. The van der Waals surface area contributed by atoms with Gasteiger partial charge in [0.15, 0.2) is 0 Å². The Labute approximate surface area is 115 Å². The molecule has 0 bridgehead atoms. The topological polar surface area (TPSA) is 39.1 Å². The summed E-state index contributed by atoms with van der Waals surface area (Å²) in [6.45, 7) is 2.83. The van der Waals surface area contributed by atoms with Gasteiger partial charge in [-0.25, -0.2) is 0 Å². The first-order valence-electron chi connectivity index (χ1n) is 5.66. The Bertz CT molecular complexity index is 551. The molecule has 2 rings (SSSR count). The Morgan fingerprint density at radius 2 is 2.22 bits per heavy atom. The van der Waals surface area contributed by atoms with Crippen LogP contribution in [0.25, 0.3) is 0 Å². The third-order valence-corrected chi connectivity index (χ3v) is 3.59. The number of aryl methyl sites for hydroxylation is 1. The molecule has 1 N–H and O–H groups in total. The van der Waals surface area contributed by atoms with Crippen LogP contribution < -0.4 is 10.1 Å². The number of hydrogen-bond donors (Lipinski definition) is 1. The van der Waals surface area contributed by atoms with Gasteiger partial charge in [0.2, 0.25) is 0 Å². The Hall–Kier alpha value is -1.49. The van der Waals surface area contributed by atoms with E-state index < -0.39 is 0 Å². The molecule has 0 atom stereocenters. The lowest BCUT2D eigenvalue weighted by molar-refractivity contribution is 0.412. The number of ether oxygens (including phenoxy) is 1. The van der Waals surface area contributed by atoms with Gasteiger partial charge in [-0.15, -0.1) is 0 Å². The predicted molar refractivity (Wildman–Crippen MR) is 76.0 cm³/mol. The zero-order valence-electron chi connectivity index (χ0n) is 10.7. The van der Waals surface area contributed by atoms with E-state index in [1.54, 1.807) is 7.11 Å². The van der Waals surface area contributed by atoms with Crippen LogP contribution in [-0.4, -0.2) is 16.9 Å². The normalized spacial score (nSPS) is 10.4. The maximum absolute atomic E-state index is 5.20. The molecule has 1 aromatic heterocycles. The Kier molecular flexibility index (Phi) is 3.91. The number of anilines is 1. The van der Waals surface area contributed by atoms with E-state index in [1.807, 2.05) is 36.1 Å². The quantitative estimate of drug-likeness (QED) is 0.943. The molecule has 0 fully saturated rings. The van der Waals surface area contributed by atoms with Gasteiger partial charge in [-0.05, 0) is 41.1 Å². The fourth-order valence-electron chi connectivity index (χ4n) is 1.69. The van der Waals surface area contributed by atoms with Crippen LogP contribution in [0.4, 0.5) is 5.69 Å². The van der Waals surface area contributed by atoms with Crippen LogP contribution >= 0.6 is 15.9 Å². The van der Waals surface area contributed by atoms with Crippen LogP contribution in [0.1, 0.15) is 11.3 Å². The molecule has 4 nitrogen and oxygen atoms in total. The van der Waals surface area contributed by atoms with Crippen LogP contribution in [0.15, 0.2) is 28.9 Å². The van der Waals surface area contributed by atoms with E-state index in [9.17, 15) is 0 Å². The van der Waals surface area contributed by atoms with Crippen molar-refractivity contribution in [1.29, 1.82) is 0 Å². The third-order valence-electron chi connectivity index (χ3n) is 2.97. The van der Waals surface area contributed by atoms with Gasteiger partial charge in [0.1, 0.15) is 5.75 Å². The van der Waals surface area contributed by atoms with Crippen LogP contribution in [-0.2, 0) is 13.6 Å². The fraction of sp³-hybridized carbons (Fsp3) is 0.308.